The first-order chi connectivity index (χ1) is 21.2. The van der Waals surface area contributed by atoms with E-state index in [9.17, 15) is 19.5 Å². The molecular formula is C35H43N3O6. The third kappa shape index (κ3) is 5.02. The van der Waals surface area contributed by atoms with E-state index in [0.717, 1.165) is 0 Å². The monoisotopic (exact) mass is 601 g/mol. The van der Waals surface area contributed by atoms with E-state index in [1.54, 1.807) is 58.2 Å². The van der Waals surface area contributed by atoms with Crippen LogP contribution in [-0.2, 0) is 19.1 Å². The average molecular weight is 602 g/mol. The minimum absolute atomic E-state index is 0.0239. The molecule has 234 valence electrons. The van der Waals surface area contributed by atoms with Crippen LogP contribution in [0.25, 0.3) is 0 Å². The van der Waals surface area contributed by atoms with Gasteiger partial charge in [-0.15, -0.1) is 13.2 Å². The fourth-order valence-electron chi connectivity index (χ4n) is 7.62. The fourth-order valence-corrected chi connectivity index (χ4v) is 7.62. The Labute approximate surface area is 259 Å². The maximum absolute atomic E-state index is 14.8. The number of likely N-dealkylation sites (tertiary alicyclic amines) is 1. The van der Waals surface area contributed by atoms with Crippen molar-refractivity contribution in [2.75, 3.05) is 43.2 Å². The summed E-state index contributed by atoms with van der Waals surface area (Å²) in [6.45, 7) is 12.4. The third-order valence-corrected chi connectivity index (χ3v) is 9.73. The Balaban J connectivity index is 1.60. The maximum Gasteiger partial charge on any atom is 0.253 e. The van der Waals surface area contributed by atoms with Gasteiger partial charge in [-0.2, -0.15) is 0 Å². The molecule has 9 nitrogen and oxygen atoms in total. The minimum Gasteiger partial charge on any atom is -0.497 e. The van der Waals surface area contributed by atoms with Crippen LogP contribution in [0, 0.1) is 17.8 Å². The van der Waals surface area contributed by atoms with Gasteiger partial charge in [0.05, 0.1) is 24.5 Å². The Bertz CT molecular complexity index is 1400. The molecule has 2 aromatic rings. The molecule has 2 aromatic carbocycles. The van der Waals surface area contributed by atoms with Crippen molar-refractivity contribution in [1.82, 2.24) is 4.90 Å². The Morgan fingerprint density at radius 2 is 1.64 bits per heavy atom. The number of rotatable bonds is 13. The van der Waals surface area contributed by atoms with Gasteiger partial charge in [-0.1, -0.05) is 37.3 Å². The Morgan fingerprint density at radius 1 is 1.02 bits per heavy atom. The smallest absolute Gasteiger partial charge is 0.253 e. The van der Waals surface area contributed by atoms with Crippen LogP contribution in [-0.4, -0.2) is 78.3 Å². The third-order valence-electron chi connectivity index (χ3n) is 9.73. The summed E-state index contributed by atoms with van der Waals surface area (Å²) in [7, 11) is 1.58. The van der Waals surface area contributed by atoms with Crippen molar-refractivity contribution in [1.29, 1.82) is 0 Å². The van der Waals surface area contributed by atoms with E-state index >= 15 is 0 Å². The van der Waals surface area contributed by atoms with E-state index in [1.165, 1.54) is 0 Å². The van der Waals surface area contributed by atoms with Gasteiger partial charge < -0.3 is 29.3 Å². The summed E-state index contributed by atoms with van der Waals surface area (Å²) in [4.78, 5) is 48.8. The van der Waals surface area contributed by atoms with E-state index in [4.69, 9.17) is 9.47 Å². The largest absolute Gasteiger partial charge is 0.497 e. The molecule has 2 bridgehead atoms. The van der Waals surface area contributed by atoms with Gasteiger partial charge in [0.2, 0.25) is 11.8 Å². The maximum atomic E-state index is 14.8. The van der Waals surface area contributed by atoms with Crippen LogP contribution in [0.3, 0.4) is 0 Å². The lowest BCUT2D eigenvalue weighted by molar-refractivity contribution is -0.145. The molecule has 9 heteroatoms. The Hall–Kier alpha value is -3.95. The molecule has 1 N–H and O–H groups in total. The molecule has 3 aliphatic heterocycles. The lowest BCUT2D eigenvalue weighted by Gasteiger charge is -2.39. The molecule has 3 unspecified atom stereocenters. The van der Waals surface area contributed by atoms with Gasteiger partial charge in [-0.25, -0.2) is 0 Å². The zero-order valence-corrected chi connectivity index (χ0v) is 25.9. The highest BCUT2D eigenvalue weighted by molar-refractivity contribution is 6.07. The van der Waals surface area contributed by atoms with Crippen molar-refractivity contribution in [3.8, 4) is 5.75 Å². The lowest BCUT2D eigenvalue weighted by atomic mass is 9.62. The zero-order chi connectivity index (χ0) is 31.6. The number of para-hydroxylation sites is 1. The minimum atomic E-state index is -1.19. The molecule has 5 rings (SSSR count). The van der Waals surface area contributed by atoms with Crippen molar-refractivity contribution in [3.05, 3.63) is 79.9 Å². The molecule has 3 saturated heterocycles. The van der Waals surface area contributed by atoms with Gasteiger partial charge in [-0.3, -0.25) is 14.4 Å². The van der Waals surface area contributed by atoms with E-state index in [0.29, 0.717) is 36.4 Å². The number of amides is 3. The van der Waals surface area contributed by atoms with E-state index < -0.39 is 29.1 Å². The number of hydrogen-bond donors (Lipinski definition) is 1. The average Bonchev–Trinajstić information content (AvgIpc) is 3.55. The Kier molecular flexibility index (Phi) is 9.00. The predicted octanol–water partition coefficient (Wildman–Crippen LogP) is 4.22. The zero-order valence-electron chi connectivity index (χ0n) is 25.9. The van der Waals surface area contributed by atoms with Gasteiger partial charge in [0.25, 0.3) is 5.91 Å². The first-order valence-electron chi connectivity index (χ1n) is 15.3. The summed E-state index contributed by atoms with van der Waals surface area (Å²) in [5, 5.41) is 9.52. The van der Waals surface area contributed by atoms with Crippen LogP contribution < -0.4 is 14.5 Å². The first-order valence-corrected chi connectivity index (χ1v) is 15.3. The second-order valence-electron chi connectivity index (χ2n) is 12.2. The number of carbonyl (C=O) groups is 3. The molecular weight excluding hydrogens is 558 g/mol. The van der Waals surface area contributed by atoms with Gasteiger partial charge in [0.1, 0.15) is 17.4 Å². The molecule has 0 radical (unpaired) electrons. The molecule has 6 atom stereocenters. The first kappa shape index (κ1) is 31.5. The van der Waals surface area contributed by atoms with Crippen LogP contribution in [0.1, 0.15) is 33.1 Å². The molecule has 0 aliphatic carbocycles. The highest BCUT2D eigenvalue weighted by Crippen LogP contribution is 2.65. The summed E-state index contributed by atoms with van der Waals surface area (Å²) >= 11 is 0. The van der Waals surface area contributed by atoms with E-state index in [2.05, 4.69) is 13.2 Å². The number of aliphatic hydroxyl groups is 1. The standard InChI is InChI=1S/C35H43N3O6/c1-6-19-36(25-13-9-8-10-14-25)31(40)28-29-32(41)38(21-11-12-22-39)30(35(29)23-24(3)34(28,4)44-35)33(42)37(20-7-2)26-15-17-27(43-5)18-16-26/h6-10,13-18,24,28-30,39H,1-2,11-12,19-23H2,3-5H3/t24?,28-,29+,30?,34+,35?/m1/s1. The van der Waals surface area contributed by atoms with Gasteiger partial charge in [-0.05, 0) is 68.5 Å². The van der Waals surface area contributed by atoms with Crippen LogP contribution in [0.4, 0.5) is 11.4 Å². The molecule has 3 aliphatic rings. The summed E-state index contributed by atoms with van der Waals surface area (Å²) < 4.78 is 12.3. The molecule has 1 spiro atoms. The van der Waals surface area contributed by atoms with Crippen LogP contribution in [0.2, 0.25) is 0 Å². The van der Waals surface area contributed by atoms with Crippen molar-refractivity contribution < 1.29 is 29.0 Å². The van der Waals surface area contributed by atoms with Crippen molar-refractivity contribution in [2.45, 2.75) is 50.4 Å². The van der Waals surface area contributed by atoms with Crippen LogP contribution >= 0.6 is 0 Å². The van der Waals surface area contributed by atoms with Gasteiger partial charge in [0, 0.05) is 37.6 Å². The van der Waals surface area contributed by atoms with Crippen molar-refractivity contribution in [2.24, 2.45) is 17.8 Å². The van der Waals surface area contributed by atoms with Crippen molar-refractivity contribution >= 4 is 29.1 Å². The molecule has 3 heterocycles. The molecule has 3 fully saturated rings. The number of hydrogen-bond acceptors (Lipinski definition) is 6. The van der Waals surface area contributed by atoms with E-state index in [1.807, 2.05) is 44.2 Å². The van der Waals surface area contributed by atoms with Crippen LogP contribution in [0.15, 0.2) is 79.9 Å². The number of unbranched alkanes of at least 4 members (excludes halogenated alkanes) is 1. The second-order valence-corrected chi connectivity index (χ2v) is 12.2. The SMILES string of the molecule is C=CCN(C(=O)C1N(CCCCO)C(=O)[C@@H]2[C@H](C(=O)N(CC=C)c3ccccc3)[C@@]3(C)OC12CC3C)c1ccc(OC)cc1. The Morgan fingerprint density at radius 3 is 2.23 bits per heavy atom. The number of nitrogens with zero attached hydrogens (tertiary/aromatic N) is 3. The summed E-state index contributed by atoms with van der Waals surface area (Å²) in [6.07, 6.45) is 4.79. The normalized spacial score (nSPS) is 28.5. The number of benzene rings is 2. The number of ether oxygens (including phenoxy) is 2. The molecule has 0 aromatic heterocycles. The predicted molar refractivity (Wildman–Crippen MR) is 169 cm³/mol. The molecule has 44 heavy (non-hydrogen) atoms. The number of carbonyl (C=O) groups excluding carboxylic acids is 3. The number of methoxy groups -OCH3 is 1. The van der Waals surface area contributed by atoms with Crippen LogP contribution in [0.5, 0.6) is 5.75 Å². The van der Waals surface area contributed by atoms with Gasteiger partial charge >= 0.3 is 0 Å². The van der Waals surface area contributed by atoms with Gasteiger partial charge in [0.15, 0.2) is 0 Å². The molecule has 3 amide bonds. The summed E-state index contributed by atoms with van der Waals surface area (Å²) in [5.41, 5.74) is -0.798. The topological polar surface area (TPSA) is 99.6 Å². The summed E-state index contributed by atoms with van der Waals surface area (Å²) in [5.74, 6) is -1.83. The second kappa shape index (κ2) is 12.6. The number of fused-ring (bicyclic) bond motifs is 1. The van der Waals surface area contributed by atoms with Crippen molar-refractivity contribution in [3.63, 3.8) is 0 Å². The lowest BCUT2D eigenvalue weighted by Crippen LogP contribution is -2.57. The fraction of sp³-hybridized carbons (Fsp3) is 0.457. The quantitative estimate of drug-likeness (QED) is 0.273. The summed E-state index contributed by atoms with van der Waals surface area (Å²) in [6, 6.07) is 15.6. The molecule has 0 saturated carbocycles. The highest BCUT2D eigenvalue weighted by Gasteiger charge is 2.80. The highest BCUT2D eigenvalue weighted by atomic mass is 16.5. The number of aliphatic hydroxyl groups excluding tert-OH is 1. The number of anilines is 2. The van der Waals surface area contributed by atoms with E-state index in [-0.39, 0.29) is 49.9 Å².